The summed E-state index contributed by atoms with van der Waals surface area (Å²) >= 11 is 0. The van der Waals surface area contributed by atoms with Crippen molar-refractivity contribution in [3.8, 4) is 0 Å². The molecule has 0 radical (unpaired) electrons. The van der Waals surface area contributed by atoms with E-state index in [0.717, 1.165) is 5.69 Å². The third kappa shape index (κ3) is 3.12. The third-order valence-electron chi connectivity index (χ3n) is 2.41. The number of aromatic nitrogens is 1. The molecule has 0 aliphatic heterocycles. The summed E-state index contributed by atoms with van der Waals surface area (Å²) in [5.74, 6) is 0.694. The average Bonchev–Trinajstić information content (AvgIpc) is 2.85. The summed E-state index contributed by atoms with van der Waals surface area (Å²) in [6.45, 7) is 2.07. The highest BCUT2D eigenvalue weighted by atomic mass is 35.5. The van der Waals surface area contributed by atoms with Crippen molar-refractivity contribution in [3.05, 3.63) is 29.6 Å². The Hall–Kier alpha value is -0.310. The number of hydrogen-bond acceptors (Lipinski definition) is 2. The molecule has 0 amide bonds. The number of nitrogens with two attached hydrogens (primary N) is 1. The molecule has 1 heterocycles. The van der Waals surface area contributed by atoms with Crippen LogP contribution >= 0.6 is 24.8 Å². The van der Waals surface area contributed by atoms with E-state index in [-0.39, 0.29) is 30.9 Å². The summed E-state index contributed by atoms with van der Waals surface area (Å²) < 4.78 is 0. The summed E-state index contributed by atoms with van der Waals surface area (Å²) in [7, 11) is 0. The van der Waals surface area contributed by atoms with Gasteiger partial charge in [0.05, 0.1) is 5.69 Å². The third-order valence-corrected chi connectivity index (χ3v) is 2.41. The molecule has 0 spiro atoms. The Kier molecular flexibility index (Phi) is 5.42. The van der Waals surface area contributed by atoms with Gasteiger partial charge in [-0.05, 0) is 43.4 Å². The van der Waals surface area contributed by atoms with Crippen LogP contribution in [0.5, 0.6) is 0 Å². The Morgan fingerprint density at radius 2 is 2.07 bits per heavy atom. The Morgan fingerprint density at radius 3 is 2.57 bits per heavy atom. The highest BCUT2D eigenvalue weighted by Gasteiger charge is 2.30. The van der Waals surface area contributed by atoms with E-state index in [1.165, 1.54) is 18.4 Å². The fourth-order valence-electron chi connectivity index (χ4n) is 1.44. The second-order valence-corrected chi connectivity index (χ2v) is 3.62. The molecule has 1 saturated carbocycles. The largest absolute Gasteiger partial charge is 0.322 e. The molecular weight excluding hydrogens is 219 g/mol. The van der Waals surface area contributed by atoms with Gasteiger partial charge in [-0.15, -0.1) is 24.8 Å². The lowest BCUT2D eigenvalue weighted by Gasteiger charge is -2.09. The Bertz CT molecular complexity index is 287. The molecule has 0 aromatic carbocycles. The van der Waals surface area contributed by atoms with Gasteiger partial charge in [0.1, 0.15) is 0 Å². The van der Waals surface area contributed by atoms with Gasteiger partial charge < -0.3 is 5.73 Å². The van der Waals surface area contributed by atoms with Crippen LogP contribution in [0.2, 0.25) is 0 Å². The van der Waals surface area contributed by atoms with Gasteiger partial charge in [-0.3, -0.25) is 4.98 Å². The van der Waals surface area contributed by atoms with E-state index in [1.54, 1.807) is 0 Å². The van der Waals surface area contributed by atoms with Gasteiger partial charge in [0.2, 0.25) is 0 Å². The van der Waals surface area contributed by atoms with Crippen molar-refractivity contribution in [1.29, 1.82) is 0 Å². The normalized spacial score (nSPS) is 16.4. The highest BCUT2D eigenvalue weighted by molar-refractivity contribution is 5.85. The Morgan fingerprint density at radius 1 is 1.43 bits per heavy atom. The molecule has 2 nitrogen and oxygen atoms in total. The number of rotatable bonds is 2. The van der Waals surface area contributed by atoms with Gasteiger partial charge >= 0.3 is 0 Å². The number of pyridine rings is 1. The lowest BCUT2D eigenvalue weighted by Crippen LogP contribution is -2.13. The molecule has 1 aromatic heterocycles. The van der Waals surface area contributed by atoms with Crippen molar-refractivity contribution in [2.75, 3.05) is 0 Å². The molecule has 1 atom stereocenters. The van der Waals surface area contributed by atoms with E-state index in [1.807, 2.05) is 12.3 Å². The van der Waals surface area contributed by atoms with Crippen LogP contribution in [-0.4, -0.2) is 4.98 Å². The van der Waals surface area contributed by atoms with Gasteiger partial charge in [0, 0.05) is 12.2 Å². The Labute approximate surface area is 97.1 Å². The molecule has 1 fully saturated rings. The maximum atomic E-state index is 6.01. The van der Waals surface area contributed by atoms with Crippen molar-refractivity contribution in [2.45, 2.75) is 25.8 Å². The number of aryl methyl sites for hydroxylation is 1. The van der Waals surface area contributed by atoms with Gasteiger partial charge in [-0.25, -0.2) is 0 Å². The number of halogens is 2. The van der Waals surface area contributed by atoms with Crippen LogP contribution in [0.4, 0.5) is 0 Å². The zero-order chi connectivity index (χ0) is 8.55. The minimum absolute atomic E-state index is 0. The van der Waals surface area contributed by atoms with E-state index >= 15 is 0 Å². The fourth-order valence-corrected chi connectivity index (χ4v) is 1.44. The zero-order valence-electron chi connectivity index (χ0n) is 8.14. The zero-order valence-corrected chi connectivity index (χ0v) is 9.78. The van der Waals surface area contributed by atoms with Crippen LogP contribution in [0.15, 0.2) is 18.3 Å². The molecule has 80 valence electrons. The first-order chi connectivity index (χ1) is 5.77. The molecule has 2 N–H and O–H groups in total. The minimum Gasteiger partial charge on any atom is -0.322 e. The second-order valence-electron chi connectivity index (χ2n) is 3.62. The molecule has 4 heteroatoms. The van der Waals surface area contributed by atoms with Gasteiger partial charge in [0.15, 0.2) is 0 Å². The van der Waals surface area contributed by atoms with E-state index in [9.17, 15) is 0 Å². The lowest BCUT2D eigenvalue weighted by atomic mass is 10.1. The molecule has 14 heavy (non-hydrogen) atoms. The predicted molar refractivity (Wildman–Crippen MR) is 63.1 cm³/mol. The smallest absolute Gasteiger partial charge is 0.0576 e. The first-order valence-electron chi connectivity index (χ1n) is 4.45. The molecule has 0 saturated heterocycles. The first-order valence-corrected chi connectivity index (χ1v) is 4.45. The van der Waals surface area contributed by atoms with Crippen LogP contribution in [0.3, 0.4) is 0 Å². The topological polar surface area (TPSA) is 38.9 Å². The van der Waals surface area contributed by atoms with Crippen LogP contribution in [0.1, 0.15) is 30.1 Å². The molecule has 2 rings (SSSR count). The standard InChI is InChI=1S/C10H14N2.2ClH/c1-7-4-5-12-9(6-7)10(11)8-2-3-8;;/h4-6,8,10H,2-3,11H2,1H3;2*1H. The first kappa shape index (κ1) is 13.7. The SMILES string of the molecule is Cc1ccnc(C(N)C2CC2)c1.Cl.Cl. The van der Waals surface area contributed by atoms with E-state index in [0.29, 0.717) is 5.92 Å². The van der Waals surface area contributed by atoms with Crippen LogP contribution < -0.4 is 5.73 Å². The predicted octanol–water partition coefficient (Wildman–Crippen LogP) is 2.64. The highest BCUT2D eigenvalue weighted by Crippen LogP contribution is 2.38. The molecule has 1 aromatic rings. The van der Waals surface area contributed by atoms with E-state index in [2.05, 4.69) is 18.0 Å². The molecular formula is C10H16Cl2N2. The van der Waals surface area contributed by atoms with Crippen molar-refractivity contribution >= 4 is 24.8 Å². The molecule has 0 bridgehead atoms. The lowest BCUT2D eigenvalue weighted by molar-refractivity contribution is 0.614. The van der Waals surface area contributed by atoms with Crippen molar-refractivity contribution in [1.82, 2.24) is 4.98 Å². The summed E-state index contributed by atoms with van der Waals surface area (Å²) in [6, 6.07) is 4.26. The maximum absolute atomic E-state index is 6.01. The minimum atomic E-state index is 0. The second kappa shape index (κ2) is 5.54. The van der Waals surface area contributed by atoms with Crippen molar-refractivity contribution < 1.29 is 0 Å². The fraction of sp³-hybridized carbons (Fsp3) is 0.500. The number of hydrogen-bond donors (Lipinski definition) is 1. The summed E-state index contributed by atoms with van der Waals surface area (Å²) in [5, 5.41) is 0. The maximum Gasteiger partial charge on any atom is 0.0576 e. The quantitative estimate of drug-likeness (QED) is 0.855. The summed E-state index contributed by atoms with van der Waals surface area (Å²) in [4.78, 5) is 4.28. The average molecular weight is 235 g/mol. The molecule has 1 aliphatic carbocycles. The van der Waals surface area contributed by atoms with Crippen LogP contribution in [0, 0.1) is 12.8 Å². The van der Waals surface area contributed by atoms with Gasteiger partial charge in [0.25, 0.3) is 0 Å². The monoisotopic (exact) mass is 234 g/mol. The Balaban J connectivity index is 0.000000845. The van der Waals surface area contributed by atoms with Crippen LogP contribution in [0.25, 0.3) is 0 Å². The summed E-state index contributed by atoms with van der Waals surface area (Å²) in [6.07, 6.45) is 4.39. The van der Waals surface area contributed by atoms with E-state index in [4.69, 9.17) is 5.73 Å². The molecule has 1 unspecified atom stereocenters. The van der Waals surface area contributed by atoms with Crippen molar-refractivity contribution in [2.24, 2.45) is 11.7 Å². The van der Waals surface area contributed by atoms with Gasteiger partial charge in [-0.1, -0.05) is 0 Å². The molecule has 1 aliphatic rings. The van der Waals surface area contributed by atoms with Crippen molar-refractivity contribution in [3.63, 3.8) is 0 Å². The van der Waals surface area contributed by atoms with Crippen LogP contribution in [-0.2, 0) is 0 Å². The number of nitrogens with zero attached hydrogens (tertiary/aromatic N) is 1. The van der Waals surface area contributed by atoms with Gasteiger partial charge in [-0.2, -0.15) is 0 Å². The van der Waals surface area contributed by atoms with E-state index < -0.39 is 0 Å². The summed E-state index contributed by atoms with van der Waals surface area (Å²) in [5.41, 5.74) is 8.31.